The molecule has 5 heterocycles. The number of hydrogen-bond acceptors (Lipinski definition) is 17. The van der Waals surface area contributed by atoms with Crippen molar-refractivity contribution in [2.24, 2.45) is 5.16 Å². The van der Waals surface area contributed by atoms with Crippen LogP contribution >= 0.6 is 34.7 Å². The summed E-state index contributed by atoms with van der Waals surface area (Å²) in [4.78, 5) is 101. The van der Waals surface area contributed by atoms with Crippen molar-refractivity contribution in [2.45, 2.75) is 37.4 Å². The molecule has 51 heavy (non-hydrogen) atoms. The Morgan fingerprint density at radius 2 is 1.92 bits per heavy atom. The van der Waals surface area contributed by atoms with E-state index in [4.69, 9.17) is 27.9 Å². The minimum absolute atomic E-state index is 0.0400. The number of rotatable bonds is 11. The van der Waals surface area contributed by atoms with Gasteiger partial charge in [0, 0.05) is 17.4 Å². The Bertz CT molecular complexity index is 2010. The van der Waals surface area contributed by atoms with Gasteiger partial charge in [0.05, 0.1) is 0 Å². The van der Waals surface area contributed by atoms with Gasteiger partial charge in [0.1, 0.15) is 52.1 Å². The van der Waals surface area contributed by atoms with Gasteiger partial charge in [0.25, 0.3) is 29.9 Å². The van der Waals surface area contributed by atoms with E-state index in [-0.39, 0.29) is 50.2 Å². The number of allylic oxidation sites excluding steroid dienone is 1. The molecule has 21 nitrogen and oxygen atoms in total. The van der Waals surface area contributed by atoms with Crippen molar-refractivity contribution in [3.8, 4) is 0 Å². The molecule has 3 aliphatic heterocycles. The second kappa shape index (κ2) is 13.9. The standard InChI is InChI=1S/C27H25ClN10O11S2/c1-27(2,25(46)47)49-35-15(14-18(28)51-26(30)34-14)21(42)33-16-22(43)38-17(24(44)45)9(7-50-23(16)38)4-36-5-10(19(29)31-8-36)32-20(41)11-3-12(39)13(40)6-37(11)48/h3,5,8,16,23,29,48H,4,6-7H2,1-2H3,(H6,30,32,33,34,41,42,44,45,46,47)/p+1/b35-15-/t16-,23-/m1/s1. The molecule has 24 heteroatoms. The van der Waals surface area contributed by atoms with E-state index in [9.17, 15) is 49.0 Å². The first-order valence-corrected chi connectivity index (χ1v) is 16.5. The maximum absolute atomic E-state index is 13.4. The predicted molar refractivity (Wildman–Crippen MR) is 175 cm³/mol. The lowest BCUT2D eigenvalue weighted by molar-refractivity contribution is -0.691. The van der Waals surface area contributed by atoms with E-state index in [2.05, 4.69) is 25.8 Å². The first kappa shape index (κ1) is 36.6. The summed E-state index contributed by atoms with van der Waals surface area (Å²) in [5.74, 6) is -7.69. The number of β-lactam (4-membered cyclic amide) rings is 1. The van der Waals surface area contributed by atoms with E-state index >= 15 is 0 Å². The Morgan fingerprint density at radius 3 is 2.55 bits per heavy atom. The molecule has 9 N–H and O–H groups in total. The molecule has 0 radical (unpaired) electrons. The highest BCUT2D eigenvalue weighted by Crippen LogP contribution is 2.40. The number of aromatic nitrogens is 3. The molecule has 0 bridgehead atoms. The number of Topliss-reactive ketones (excluding diaryl/α,β-unsaturated/α-hetero) is 1. The van der Waals surface area contributed by atoms with Crippen LogP contribution in [-0.2, 0) is 44.9 Å². The van der Waals surface area contributed by atoms with Crippen LogP contribution in [0.5, 0.6) is 0 Å². The summed E-state index contributed by atoms with van der Waals surface area (Å²) in [6.45, 7) is 1.47. The molecule has 0 aliphatic carbocycles. The first-order chi connectivity index (χ1) is 23.9. The van der Waals surface area contributed by atoms with Crippen LogP contribution in [-0.4, -0.2) is 112 Å². The molecule has 1 saturated heterocycles. The highest BCUT2D eigenvalue weighted by molar-refractivity contribution is 8.00. The van der Waals surface area contributed by atoms with E-state index in [1.165, 1.54) is 30.9 Å². The van der Waals surface area contributed by atoms with Gasteiger partial charge in [-0.05, 0) is 18.8 Å². The Balaban J connectivity index is 1.35. The third-order valence-corrected chi connectivity index (χ3v) is 9.77. The molecular formula is C27H26ClN10O11S2+. The van der Waals surface area contributed by atoms with Crippen molar-refractivity contribution in [1.82, 2.24) is 25.2 Å². The third-order valence-electron chi connectivity index (χ3n) is 7.34. The summed E-state index contributed by atoms with van der Waals surface area (Å²) < 4.78 is 1.29. The van der Waals surface area contributed by atoms with Gasteiger partial charge in [-0.25, -0.2) is 24.2 Å². The fraction of sp³-hybridized carbons (Fsp3) is 0.296. The molecule has 0 spiro atoms. The number of carbonyl (C=O) groups excluding carboxylic acids is 5. The van der Waals surface area contributed by atoms with Crippen LogP contribution in [0.25, 0.3) is 0 Å². The van der Waals surface area contributed by atoms with E-state index < -0.39 is 76.2 Å². The number of amides is 3. The van der Waals surface area contributed by atoms with Gasteiger partial charge in [-0.3, -0.25) is 34.1 Å². The fourth-order valence-corrected chi connectivity index (χ4v) is 6.95. The van der Waals surface area contributed by atoms with Gasteiger partial charge >= 0.3 is 11.9 Å². The van der Waals surface area contributed by atoms with Crippen LogP contribution in [0.15, 0.2) is 40.7 Å². The average molecular weight is 766 g/mol. The number of thiazole rings is 1. The maximum atomic E-state index is 13.4. The van der Waals surface area contributed by atoms with Crippen molar-refractivity contribution in [3.63, 3.8) is 0 Å². The Hall–Kier alpha value is -5.65. The summed E-state index contributed by atoms with van der Waals surface area (Å²) in [7, 11) is 0. The number of oxime groups is 1. The van der Waals surface area contributed by atoms with Gasteiger partial charge in [-0.1, -0.05) is 28.1 Å². The molecule has 2 aromatic rings. The molecule has 0 saturated carbocycles. The minimum Gasteiger partial charge on any atom is -0.478 e. The summed E-state index contributed by atoms with van der Waals surface area (Å²) in [6.07, 6.45) is 3.20. The molecule has 1 fully saturated rings. The van der Waals surface area contributed by atoms with Crippen LogP contribution in [0.3, 0.4) is 0 Å². The zero-order valence-electron chi connectivity index (χ0n) is 26.1. The molecule has 0 unspecified atom stereocenters. The molecule has 3 amide bonds. The number of hydroxylamine groups is 2. The summed E-state index contributed by atoms with van der Waals surface area (Å²) in [5, 5.41) is 37.3. The highest BCUT2D eigenvalue weighted by Gasteiger charge is 2.55. The first-order valence-electron chi connectivity index (χ1n) is 14.2. The van der Waals surface area contributed by atoms with E-state index in [1.54, 1.807) is 0 Å². The number of nitrogens with one attached hydrogen (secondary N) is 2. The number of carboxylic acids is 2. The number of fused-ring (bicyclic) bond motifs is 1. The van der Waals surface area contributed by atoms with Crippen LogP contribution < -0.4 is 26.7 Å². The van der Waals surface area contributed by atoms with Gasteiger partial charge in [-0.2, -0.15) is 0 Å². The van der Waals surface area contributed by atoms with Crippen molar-refractivity contribution >= 4 is 98.3 Å². The fourth-order valence-electron chi connectivity index (χ4n) is 4.69. The number of ketones is 2. The highest BCUT2D eigenvalue weighted by atomic mass is 35.5. The number of carbonyl (C=O) groups is 7. The topological polar surface area (TPSA) is 314 Å². The number of hydrogen-bond donors (Lipinski definition) is 7. The Labute approximate surface area is 298 Å². The number of halogens is 1. The number of aliphatic carboxylic acids is 2. The zero-order chi connectivity index (χ0) is 37.5. The Morgan fingerprint density at radius 1 is 1.22 bits per heavy atom. The largest absolute Gasteiger partial charge is 0.478 e. The number of carboxylic acid groups (broad SMARTS) is 2. The van der Waals surface area contributed by atoms with Gasteiger partial charge in [0.2, 0.25) is 17.2 Å². The normalized spacial score (nSPS) is 19.3. The molecule has 2 atom stereocenters. The number of nitrogen functional groups attached to an aromatic ring is 2. The average Bonchev–Trinajstić information content (AvgIpc) is 3.39. The molecule has 0 aromatic carbocycles. The maximum Gasteiger partial charge on any atom is 0.352 e. The lowest BCUT2D eigenvalue weighted by Crippen LogP contribution is -2.71. The van der Waals surface area contributed by atoms with E-state index in [1.807, 2.05) is 0 Å². The minimum atomic E-state index is -1.88. The number of thioether (sulfide) groups is 1. The second-order valence-electron chi connectivity index (χ2n) is 11.3. The van der Waals surface area contributed by atoms with Gasteiger partial charge < -0.3 is 37.2 Å². The summed E-state index contributed by atoms with van der Waals surface area (Å²) in [6, 6.07) is -1.25. The van der Waals surface area contributed by atoms with Crippen molar-refractivity contribution in [3.05, 3.63) is 45.6 Å². The third kappa shape index (κ3) is 7.30. The Kier molecular flexibility index (Phi) is 10.0. The molecule has 268 valence electrons. The number of anilines is 3. The summed E-state index contributed by atoms with van der Waals surface area (Å²) >= 11 is 8.10. The SMILES string of the molecule is CC(C)(O/N=C(\C(=O)N[C@@H]1C(=O)N2C(C(=O)O)=C(C[n+]3cnc(N)c(NC(=O)C4=CC(=O)C(=O)CN4O)c3)CS[C@H]12)c1nc(N)sc1Cl)C(=O)O. The molecular weight excluding hydrogens is 740 g/mol. The quantitative estimate of drug-likeness (QED) is 0.0442. The zero-order valence-corrected chi connectivity index (χ0v) is 28.5. The van der Waals surface area contributed by atoms with Crippen molar-refractivity contribution in [2.75, 3.05) is 29.1 Å². The van der Waals surface area contributed by atoms with Crippen LogP contribution in [0.4, 0.5) is 16.6 Å². The lowest BCUT2D eigenvalue weighted by Gasteiger charge is -2.49. The monoisotopic (exact) mass is 765 g/mol. The smallest absolute Gasteiger partial charge is 0.352 e. The van der Waals surface area contributed by atoms with Crippen molar-refractivity contribution in [1.29, 1.82) is 0 Å². The van der Waals surface area contributed by atoms with Crippen LogP contribution in [0, 0.1) is 0 Å². The van der Waals surface area contributed by atoms with Crippen molar-refractivity contribution < 1.29 is 58.4 Å². The van der Waals surface area contributed by atoms with Gasteiger partial charge in [0.15, 0.2) is 16.5 Å². The van der Waals surface area contributed by atoms with Gasteiger partial charge in [-0.15, -0.1) is 11.8 Å². The molecule has 2 aromatic heterocycles. The van der Waals surface area contributed by atoms with Crippen LogP contribution in [0.1, 0.15) is 19.5 Å². The molecule has 5 rings (SSSR count). The predicted octanol–water partition coefficient (Wildman–Crippen LogP) is -1.67. The summed E-state index contributed by atoms with van der Waals surface area (Å²) in [5.41, 5.74) is 8.17. The number of nitrogens with zero attached hydrogens (tertiary/aromatic N) is 6. The number of nitrogens with two attached hydrogens (primary N) is 2. The second-order valence-corrected chi connectivity index (χ2v) is 14.1. The lowest BCUT2D eigenvalue weighted by atomic mass is 10.0. The molecule has 3 aliphatic rings. The van der Waals surface area contributed by atoms with E-state index in [0.717, 1.165) is 28.0 Å². The van der Waals surface area contributed by atoms with E-state index in [0.29, 0.717) is 11.1 Å². The van der Waals surface area contributed by atoms with Crippen LogP contribution in [0.2, 0.25) is 4.34 Å².